The van der Waals surface area contributed by atoms with Crippen molar-refractivity contribution in [1.82, 2.24) is 9.80 Å². The summed E-state index contributed by atoms with van der Waals surface area (Å²) in [5.41, 5.74) is 8.18. The van der Waals surface area contributed by atoms with Gasteiger partial charge in [0, 0.05) is 42.9 Å². The highest BCUT2D eigenvalue weighted by Gasteiger charge is 2.26. The Labute approximate surface area is 172 Å². The molecular formula is C19H24Cl3N3O. The number of nitrogens with zero attached hydrogens (tertiary/aromatic N) is 2. The van der Waals surface area contributed by atoms with Crippen LogP contribution in [0, 0.1) is 0 Å². The number of para-hydroxylation sites is 1. The monoisotopic (exact) mass is 415 g/mol. The summed E-state index contributed by atoms with van der Waals surface area (Å²) >= 11 is 6.31. The lowest BCUT2D eigenvalue weighted by Crippen LogP contribution is -2.49. The number of rotatable bonds is 3. The largest absolute Gasteiger partial charge is 0.398 e. The first-order valence-electron chi connectivity index (χ1n) is 8.20. The molecule has 26 heavy (non-hydrogen) atoms. The molecule has 3 rings (SSSR count). The molecule has 1 heterocycles. The number of piperazine rings is 1. The van der Waals surface area contributed by atoms with E-state index in [1.165, 1.54) is 0 Å². The molecule has 1 amide bonds. The van der Waals surface area contributed by atoms with Crippen LogP contribution in [-0.2, 0) is 0 Å². The molecule has 2 N–H and O–H groups in total. The van der Waals surface area contributed by atoms with Gasteiger partial charge in [-0.1, -0.05) is 41.9 Å². The van der Waals surface area contributed by atoms with Gasteiger partial charge in [-0.05, 0) is 30.7 Å². The minimum Gasteiger partial charge on any atom is -0.398 e. The predicted octanol–water partition coefficient (Wildman–Crippen LogP) is 4.28. The first kappa shape index (κ1) is 22.6. The normalized spacial score (nSPS) is 15.5. The maximum absolute atomic E-state index is 12.6. The number of hydrogen-bond donors (Lipinski definition) is 1. The van der Waals surface area contributed by atoms with E-state index in [1.54, 1.807) is 12.1 Å². The van der Waals surface area contributed by atoms with Crippen LogP contribution in [0.5, 0.6) is 0 Å². The summed E-state index contributed by atoms with van der Waals surface area (Å²) in [6, 6.07) is 15.4. The maximum Gasteiger partial charge on any atom is 0.256 e. The minimum absolute atomic E-state index is 0. The van der Waals surface area contributed by atoms with Crippen LogP contribution in [-0.4, -0.2) is 41.9 Å². The average Bonchev–Trinajstić information content (AvgIpc) is 2.61. The first-order valence-corrected chi connectivity index (χ1v) is 8.58. The molecule has 0 aromatic heterocycles. The van der Waals surface area contributed by atoms with Crippen LogP contribution >= 0.6 is 36.4 Å². The van der Waals surface area contributed by atoms with E-state index in [0.717, 1.165) is 23.7 Å². The van der Waals surface area contributed by atoms with Gasteiger partial charge >= 0.3 is 0 Å². The highest BCUT2D eigenvalue weighted by molar-refractivity contribution is 6.31. The lowest BCUT2D eigenvalue weighted by atomic mass is 10.1. The van der Waals surface area contributed by atoms with Gasteiger partial charge in [0.05, 0.1) is 5.56 Å². The van der Waals surface area contributed by atoms with Crippen LogP contribution in [0.25, 0.3) is 0 Å². The average molecular weight is 417 g/mol. The molecule has 1 saturated heterocycles. The van der Waals surface area contributed by atoms with E-state index in [4.69, 9.17) is 17.3 Å². The molecule has 1 atom stereocenters. The molecule has 0 radical (unpaired) electrons. The Morgan fingerprint density at radius 3 is 2.19 bits per heavy atom. The summed E-state index contributed by atoms with van der Waals surface area (Å²) in [5.74, 6) is 0.0122. The Morgan fingerprint density at radius 1 is 1.00 bits per heavy atom. The summed E-state index contributed by atoms with van der Waals surface area (Å²) in [4.78, 5) is 16.9. The van der Waals surface area contributed by atoms with Gasteiger partial charge in [-0.15, -0.1) is 24.8 Å². The van der Waals surface area contributed by atoms with Crippen LogP contribution in [0.1, 0.15) is 28.9 Å². The summed E-state index contributed by atoms with van der Waals surface area (Å²) in [7, 11) is 0. The number of carbonyl (C=O) groups is 1. The van der Waals surface area contributed by atoms with Crippen molar-refractivity contribution in [1.29, 1.82) is 0 Å². The fourth-order valence-corrected chi connectivity index (χ4v) is 3.48. The van der Waals surface area contributed by atoms with Gasteiger partial charge in [-0.3, -0.25) is 9.69 Å². The SMILES string of the molecule is CC(c1ccccc1Cl)N1CCN(C(=O)c2ccccc2N)CC1.Cl.Cl. The zero-order valence-corrected chi connectivity index (χ0v) is 17.0. The van der Waals surface area contributed by atoms with Crippen LogP contribution < -0.4 is 5.73 Å². The highest BCUT2D eigenvalue weighted by Crippen LogP contribution is 2.28. The van der Waals surface area contributed by atoms with E-state index in [0.29, 0.717) is 24.3 Å². The lowest BCUT2D eigenvalue weighted by Gasteiger charge is -2.38. The van der Waals surface area contributed by atoms with E-state index >= 15 is 0 Å². The number of benzene rings is 2. The van der Waals surface area contributed by atoms with Gasteiger partial charge in [0.15, 0.2) is 0 Å². The molecule has 1 fully saturated rings. The van der Waals surface area contributed by atoms with Crippen molar-refractivity contribution in [2.75, 3.05) is 31.9 Å². The number of anilines is 1. The summed E-state index contributed by atoms with van der Waals surface area (Å²) in [6.07, 6.45) is 0. The van der Waals surface area contributed by atoms with Crippen LogP contribution in [0.3, 0.4) is 0 Å². The molecule has 0 saturated carbocycles. The second kappa shape index (κ2) is 10.0. The molecule has 2 aromatic rings. The van der Waals surface area contributed by atoms with Crippen molar-refractivity contribution in [2.45, 2.75) is 13.0 Å². The zero-order chi connectivity index (χ0) is 17.1. The number of carbonyl (C=O) groups excluding carboxylic acids is 1. The first-order chi connectivity index (χ1) is 11.6. The van der Waals surface area contributed by atoms with Gasteiger partial charge in [0.2, 0.25) is 0 Å². The van der Waals surface area contributed by atoms with Gasteiger partial charge < -0.3 is 10.6 Å². The molecule has 0 spiro atoms. The molecular weight excluding hydrogens is 393 g/mol. The van der Waals surface area contributed by atoms with Crippen molar-refractivity contribution in [3.05, 3.63) is 64.7 Å². The van der Waals surface area contributed by atoms with Crippen molar-refractivity contribution in [3.63, 3.8) is 0 Å². The quantitative estimate of drug-likeness (QED) is 0.760. The van der Waals surface area contributed by atoms with Crippen LogP contribution in [0.15, 0.2) is 48.5 Å². The summed E-state index contributed by atoms with van der Waals surface area (Å²) in [5, 5.41) is 0.792. The third-order valence-corrected chi connectivity index (χ3v) is 5.04. The number of nitrogen functional groups attached to an aromatic ring is 1. The van der Waals surface area contributed by atoms with Crippen LogP contribution in [0.4, 0.5) is 5.69 Å². The Hall–Kier alpha value is -1.46. The van der Waals surface area contributed by atoms with E-state index in [2.05, 4.69) is 17.9 Å². The van der Waals surface area contributed by atoms with Crippen molar-refractivity contribution in [3.8, 4) is 0 Å². The summed E-state index contributed by atoms with van der Waals surface area (Å²) < 4.78 is 0. The van der Waals surface area contributed by atoms with E-state index in [-0.39, 0.29) is 36.8 Å². The Kier molecular flexibility index (Phi) is 8.71. The van der Waals surface area contributed by atoms with Gasteiger partial charge in [-0.2, -0.15) is 0 Å². The molecule has 1 aliphatic heterocycles. The topological polar surface area (TPSA) is 49.6 Å². The highest BCUT2D eigenvalue weighted by atomic mass is 35.5. The van der Waals surface area contributed by atoms with Crippen molar-refractivity contribution < 1.29 is 4.79 Å². The number of hydrogen-bond acceptors (Lipinski definition) is 3. The second-order valence-electron chi connectivity index (χ2n) is 6.11. The minimum atomic E-state index is 0. The third kappa shape index (κ3) is 4.83. The number of halogens is 3. The lowest BCUT2D eigenvalue weighted by molar-refractivity contribution is 0.0583. The van der Waals surface area contributed by atoms with Gasteiger partial charge in [-0.25, -0.2) is 0 Å². The predicted molar refractivity (Wildman–Crippen MR) is 113 cm³/mol. The van der Waals surface area contributed by atoms with Crippen molar-refractivity contribution in [2.24, 2.45) is 0 Å². The Balaban J connectivity index is 0.00000169. The molecule has 1 aliphatic rings. The van der Waals surface area contributed by atoms with Gasteiger partial charge in [0.1, 0.15) is 0 Å². The third-order valence-electron chi connectivity index (χ3n) is 4.70. The van der Waals surface area contributed by atoms with E-state index < -0.39 is 0 Å². The Morgan fingerprint density at radius 2 is 1.58 bits per heavy atom. The summed E-state index contributed by atoms with van der Waals surface area (Å²) in [6.45, 7) is 5.20. The van der Waals surface area contributed by atoms with E-state index in [1.807, 2.05) is 35.2 Å². The van der Waals surface area contributed by atoms with Gasteiger partial charge in [0.25, 0.3) is 5.91 Å². The fraction of sp³-hybridized carbons (Fsp3) is 0.316. The maximum atomic E-state index is 12.6. The molecule has 2 aromatic carbocycles. The zero-order valence-electron chi connectivity index (χ0n) is 14.6. The molecule has 7 heteroatoms. The Bertz CT molecular complexity index is 733. The molecule has 4 nitrogen and oxygen atoms in total. The van der Waals surface area contributed by atoms with Crippen molar-refractivity contribution >= 4 is 48.0 Å². The standard InChI is InChI=1S/C19H22ClN3O.2ClH/c1-14(15-6-2-4-8-17(15)20)22-10-12-23(13-11-22)19(24)16-7-3-5-9-18(16)21;;/h2-9,14H,10-13,21H2,1H3;2*1H. The van der Waals surface area contributed by atoms with Crippen LogP contribution in [0.2, 0.25) is 5.02 Å². The molecule has 1 unspecified atom stereocenters. The number of nitrogens with two attached hydrogens (primary N) is 1. The number of amides is 1. The second-order valence-corrected chi connectivity index (χ2v) is 6.52. The van der Waals surface area contributed by atoms with E-state index in [9.17, 15) is 4.79 Å². The fourth-order valence-electron chi connectivity index (χ4n) is 3.19. The molecule has 142 valence electrons. The molecule has 0 aliphatic carbocycles. The molecule has 0 bridgehead atoms. The smallest absolute Gasteiger partial charge is 0.256 e.